The Morgan fingerprint density at radius 1 is 1.00 bits per heavy atom. The van der Waals surface area contributed by atoms with Crippen LogP contribution in [0.3, 0.4) is 0 Å². The van der Waals surface area contributed by atoms with Crippen molar-refractivity contribution >= 4 is 11.9 Å². The van der Waals surface area contributed by atoms with E-state index in [9.17, 15) is 4.79 Å². The summed E-state index contributed by atoms with van der Waals surface area (Å²) in [5.41, 5.74) is 1.22. The van der Waals surface area contributed by atoms with E-state index in [0.29, 0.717) is 12.5 Å². The van der Waals surface area contributed by atoms with Gasteiger partial charge in [0.15, 0.2) is 5.96 Å². The fourth-order valence-corrected chi connectivity index (χ4v) is 2.12. The maximum atomic E-state index is 11.8. The molecule has 1 aromatic carbocycles. The van der Waals surface area contributed by atoms with Crippen molar-refractivity contribution in [1.29, 1.82) is 0 Å². The molecule has 3 N–H and O–H groups in total. The zero-order chi connectivity index (χ0) is 16.8. The van der Waals surface area contributed by atoms with Crippen LogP contribution in [0.2, 0.25) is 0 Å². The fraction of sp³-hybridized carbons (Fsp3) is 0.556. The molecule has 0 aliphatic carbocycles. The van der Waals surface area contributed by atoms with Gasteiger partial charge in [-0.25, -0.2) is 4.99 Å². The van der Waals surface area contributed by atoms with E-state index in [1.54, 1.807) is 0 Å². The molecule has 0 unspecified atom stereocenters. The lowest BCUT2D eigenvalue weighted by atomic mass is 10.1. The van der Waals surface area contributed by atoms with Crippen molar-refractivity contribution in [3.05, 3.63) is 35.9 Å². The first-order chi connectivity index (χ1) is 11.3. The van der Waals surface area contributed by atoms with E-state index >= 15 is 0 Å². The van der Waals surface area contributed by atoms with Gasteiger partial charge in [0.1, 0.15) is 6.54 Å². The minimum absolute atomic E-state index is 0.0494. The Morgan fingerprint density at radius 3 is 2.48 bits per heavy atom. The van der Waals surface area contributed by atoms with Crippen LogP contribution in [0.4, 0.5) is 0 Å². The molecular formula is C18H30N4O. The highest BCUT2D eigenvalue weighted by Gasteiger charge is 2.02. The lowest BCUT2D eigenvalue weighted by Crippen LogP contribution is -2.39. The number of benzene rings is 1. The van der Waals surface area contributed by atoms with Crippen LogP contribution in [0, 0.1) is 0 Å². The van der Waals surface area contributed by atoms with E-state index in [-0.39, 0.29) is 12.5 Å². The molecule has 1 aromatic rings. The largest absolute Gasteiger partial charge is 0.357 e. The second-order valence-electron chi connectivity index (χ2n) is 5.41. The van der Waals surface area contributed by atoms with Crippen LogP contribution in [-0.4, -0.2) is 38.0 Å². The van der Waals surface area contributed by atoms with Gasteiger partial charge in [-0.15, -0.1) is 0 Å². The van der Waals surface area contributed by atoms with Crippen LogP contribution in [0.1, 0.15) is 38.7 Å². The standard InChI is InChI=1S/C18H30N4O/c1-3-5-9-13-21-18(19-4-2)22-15-17(23)20-14-12-16-10-7-6-8-11-16/h6-8,10-11H,3-5,9,12-15H2,1-2H3,(H,20,23)(H2,19,21,22). The van der Waals surface area contributed by atoms with Crippen LogP contribution < -0.4 is 16.0 Å². The van der Waals surface area contributed by atoms with Gasteiger partial charge in [-0.05, 0) is 25.3 Å². The molecule has 1 amide bonds. The first-order valence-corrected chi connectivity index (χ1v) is 8.59. The van der Waals surface area contributed by atoms with E-state index in [2.05, 4.69) is 40.0 Å². The third-order valence-electron chi connectivity index (χ3n) is 3.38. The van der Waals surface area contributed by atoms with Crippen molar-refractivity contribution in [1.82, 2.24) is 16.0 Å². The molecule has 0 spiro atoms. The summed E-state index contributed by atoms with van der Waals surface area (Å²) in [5, 5.41) is 9.31. The summed E-state index contributed by atoms with van der Waals surface area (Å²) in [5.74, 6) is 0.661. The van der Waals surface area contributed by atoms with E-state index in [1.165, 1.54) is 18.4 Å². The first-order valence-electron chi connectivity index (χ1n) is 8.59. The zero-order valence-electron chi connectivity index (χ0n) is 14.4. The Morgan fingerprint density at radius 2 is 1.78 bits per heavy atom. The van der Waals surface area contributed by atoms with Gasteiger partial charge in [-0.1, -0.05) is 50.1 Å². The fourth-order valence-electron chi connectivity index (χ4n) is 2.12. The normalized spacial score (nSPS) is 11.1. The maximum absolute atomic E-state index is 11.8. The summed E-state index contributed by atoms with van der Waals surface area (Å²) in [4.78, 5) is 16.2. The number of nitrogens with one attached hydrogen (secondary N) is 3. The third kappa shape index (κ3) is 9.55. The average molecular weight is 318 g/mol. The van der Waals surface area contributed by atoms with Gasteiger partial charge in [0, 0.05) is 19.6 Å². The molecule has 128 valence electrons. The summed E-state index contributed by atoms with van der Waals surface area (Å²) >= 11 is 0. The molecule has 0 saturated carbocycles. The highest BCUT2D eigenvalue weighted by molar-refractivity contribution is 5.84. The number of nitrogens with zero attached hydrogens (tertiary/aromatic N) is 1. The van der Waals surface area contributed by atoms with Crippen LogP contribution >= 0.6 is 0 Å². The van der Waals surface area contributed by atoms with Gasteiger partial charge in [0.25, 0.3) is 0 Å². The summed E-state index contributed by atoms with van der Waals surface area (Å²) < 4.78 is 0. The molecule has 0 atom stereocenters. The van der Waals surface area contributed by atoms with E-state index in [4.69, 9.17) is 0 Å². The molecule has 5 nitrogen and oxygen atoms in total. The van der Waals surface area contributed by atoms with Crippen LogP contribution in [0.15, 0.2) is 35.3 Å². The molecule has 23 heavy (non-hydrogen) atoms. The van der Waals surface area contributed by atoms with Crippen LogP contribution in [0.25, 0.3) is 0 Å². The summed E-state index contributed by atoms with van der Waals surface area (Å²) in [6.45, 7) is 6.66. The molecule has 0 aromatic heterocycles. The molecule has 1 rings (SSSR count). The van der Waals surface area contributed by atoms with Crippen molar-refractivity contribution in [2.24, 2.45) is 4.99 Å². The predicted octanol–water partition coefficient (Wildman–Crippen LogP) is 2.09. The van der Waals surface area contributed by atoms with Gasteiger partial charge in [0.2, 0.25) is 5.91 Å². The molecule has 0 fully saturated rings. The molecule has 0 heterocycles. The Bertz CT molecular complexity index is 459. The summed E-state index contributed by atoms with van der Waals surface area (Å²) in [6, 6.07) is 10.1. The first kappa shape index (κ1) is 19.0. The quantitative estimate of drug-likeness (QED) is 0.352. The maximum Gasteiger partial charge on any atom is 0.241 e. The number of carbonyl (C=O) groups excluding carboxylic acids is 1. The topological polar surface area (TPSA) is 65.5 Å². The number of unbranched alkanes of at least 4 members (excludes halogenated alkanes) is 2. The minimum atomic E-state index is -0.0494. The SMILES string of the molecule is CCCCCNC(=NCC(=O)NCCc1ccccc1)NCC. The Kier molecular flexibility index (Phi) is 10.3. The molecule has 0 radical (unpaired) electrons. The minimum Gasteiger partial charge on any atom is -0.357 e. The number of hydrogen-bond donors (Lipinski definition) is 3. The van der Waals surface area contributed by atoms with Gasteiger partial charge < -0.3 is 16.0 Å². The van der Waals surface area contributed by atoms with Crippen molar-refractivity contribution in [2.45, 2.75) is 39.5 Å². The highest BCUT2D eigenvalue weighted by atomic mass is 16.1. The van der Waals surface area contributed by atoms with E-state index in [0.717, 1.165) is 25.9 Å². The Hall–Kier alpha value is -2.04. The monoisotopic (exact) mass is 318 g/mol. The lowest BCUT2D eigenvalue weighted by Gasteiger charge is -2.11. The molecule has 0 saturated heterocycles. The smallest absolute Gasteiger partial charge is 0.241 e. The summed E-state index contributed by atoms with van der Waals surface area (Å²) in [7, 11) is 0. The summed E-state index contributed by atoms with van der Waals surface area (Å²) in [6.07, 6.45) is 4.35. The van der Waals surface area contributed by atoms with E-state index < -0.39 is 0 Å². The average Bonchev–Trinajstić information content (AvgIpc) is 2.57. The molecule has 5 heteroatoms. The number of aliphatic imine (C=N–C) groups is 1. The van der Waals surface area contributed by atoms with Gasteiger partial charge in [-0.2, -0.15) is 0 Å². The van der Waals surface area contributed by atoms with Crippen molar-refractivity contribution < 1.29 is 4.79 Å². The Balaban J connectivity index is 2.26. The van der Waals surface area contributed by atoms with E-state index in [1.807, 2.05) is 25.1 Å². The molecular weight excluding hydrogens is 288 g/mol. The van der Waals surface area contributed by atoms with Gasteiger partial charge in [0.05, 0.1) is 0 Å². The van der Waals surface area contributed by atoms with Crippen LogP contribution in [0.5, 0.6) is 0 Å². The van der Waals surface area contributed by atoms with Gasteiger partial charge in [-0.3, -0.25) is 4.79 Å². The number of rotatable bonds is 10. The molecule has 0 aliphatic heterocycles. The Labute approximate surface area is 140 Å². The number of amides is 1. The second kappa shape index (κ2) is 12.5. The number of carbonyl (C=O) groups is 1. The number of guanidine groups is 1. The third-order valence-corrected chi connectivity index (χ3v) is 3.38. The van der Waals surface area contributed by atoms with Crippen LogP contribution in [-0.2, 0) is 11.2 Å². The zero-order valence-corrected chi connectivity index (χ0v) is 14.4. The van der Waals surface area contributed by atoms with Crippen molar-refractivity contribution in [2.75, 3.05) is 26.2 Å². The van der Waals surface area contributed by atoms with Crippen molar-refractivity contribution in [3.63, 3.8) is 0 Å². The lowest BCUT2D eigenvalue weighted by molar-refractivity contribution is -0.119. The molecule has 0 bridgehead atoms. The van der Waals surface area contributed by atoms with Crippen molar-refractivity contribution in [3.8, 4) is 0 Å². The predicted molar refractivity (Wildman–Crippen MR) is 96.7 cm³/mol. The van der Waals surface area contributed by atoms with Gasteiger partial charge >= 0.3 is 0 Å². The highest BCUT2D eigenvalue weighted by Crippen LogP contribution is 1.98. The molecule has 0 aliphatic rings. The second-order valence-corrected chi connectivity index (χ2v) is 5.41. The number of hydrogen-bond acceptors (Lipinski definition) is 2.